The minimum Gasteiger partial charge on any atom is -0.368 e. The van der Waals surface area contributed by atoms with Gasteiger partial charge in [-0.1, -0.05) is 6.58 Å². The van der Waals surface area contributed by atoms with Crippen LogP contribution in [0.25, 0.3) is 0 Å². The Bertz CT molecular complexity index is 215. The summed E-state index contributed by atoms with van der Waals surface area (Å²) in [7, 11) is 0. The number of nitrogens with zero attached hydrogens (tertiary/aromatic N) is 1. The van der Waals surface area contributed by atoms with Crippen LogP contribution in [0.3, 0.4) is 0 Å². The molecule has 13 heavy (non-hydrogen) atoms. The van der Waals surface area contributed by atoms with Gasteiger partial charge in [-0.05, 0) is 19.3 Å². The zero-order valence-electron chi connectivity index (χ0n) is 7.83. The monoisotopic (exact) mass is 183 g/mol. The van der Waals surface area contributed by atoms with E-state index in [0.717, 1.165) is 31.5 Å². The Balaban J connectivity index is 2.67. The molecule has 1 saturated heterocycles. The standard InChI is InChI=1S/C9H17N3O/c1-7(6-10)12-5-3-2-4-8(12)9(11)13/h8H,1-6,10H2,(H2,11,13). The van der Waals surface area contributed by atoms with E-state index in [4.69, 9.17) is 11.5 Å². The Kier molecular flexibility index (Phi) is 3.31. The molecule has 74 valence electrons. The number of likely N-dealkylation sites (tertiary alicyclic amines) is 1. The fourth-order valence-electron chi connectivity index (χ4n) is 1.72. The Morgan fingerprint density at radius 2 is 2.23 bits per heavy atom. The number of amides is 1. The van der Waals surface area contributed by atoms with Crippen molar-refractivity contribution in [2.45, 2.75) is 25.3 Å². The normalized spacial score (nSPS) is 22.8. The number of hydrogen-bond donors (Lipinski definition) is 2. The lowest BCUT2D eigenvalue weighted by Gasteiger charge is -2.36. The maximum atomic E-state index is 11.1. The number of piperidine rings is 1. The second kappa shape index (κ2) is 4.28. The van der Waals surface area contributed by atoms with Crippen LogP contribution in [0.15, 0.2) is 12.3 Å². The van der Waals surface area contributed by atoms with Gasteiger partial charge in [-0.15, -0.1) is 0 Å². The van der Waals surface area contributed by atoms with Gasteiger partial charge in [-0.3, -0.25) is 4.79 Å². The minimum atomic E-state index is -0.269. The van der Waals surface area contributed by atoms with Crippen molar-refractivity contribution in [1.29, 1.82) is 0 Å². The summed E-state index contributed by atoms with van der Waals surface area (Å²) in [5, 5.41) is 0. The third-order valence-electron chi connectivity index (χ3n) is 2.47. The molecule has 0 aliphatic carbocycles. The van der Waals surface area contributed by atoms with Gasteiger partial charge in [-0.25, -0.2) is 0 Å². The summed E-state index contributed by atoms with van der Waals surface area (Å²) in [6.07, 6.45) is 2.97. The highest BCUT2D eigenvalue weighted by molar-refractivity contribution is 5.80. The van der Waals surface area contributed by atoms with Crippen LogP contribution in [0.4, 0.5) is 0 Å². The smallest absolute Gasteiger partial charge is 0.240 e. The first-order valence-corrected chi connectivity index (χ1v) is 4.60. The molecule has 0 spiro atoms. The number of carbonyl (C=O) groups excluding carboxylic acids is 1. The lowest BCUT2D eigenvalue weighted by atomic mass is 10.0. The average molecular weight is 183 g/mol. The highest BCUT2D eigenvalue weighted by atomic mass is 16.1. The average Bonchev–Trinajstić information content (AvgIpc) is 2.16. The first-order valence-electron chi connectivity index (χ1n) is 4.60. The number of hydrogen-bond acceptors (Lipinski definition) is 3. The van der Waals surface area contributed by atoms with Crippen LogP contribution in [-0.2, 0) is 4.79 Å². The van der Waals surface area contributed by atoms with E-state index in [1.165, 1.54) is 0 Å². The van der Waals surface area contributed by atoms with Crippen LogP contribution in [0.1, 0.15) is 19.3 Å². The molecular formula is C9H17N3O. The first-order chi connectivity index (χ1) is 6.16. The van der Waals surface area contributed by atoms with Gasteiger partial charge in [0.15, 0.2) is 0 Å². The fraction of sp³-hybridized carbons (Fsp3) is 0.667. The molecule has 4 nitrogen and oxygen atoms in total. The maximum Gasteiger partial charge on any atom is 0.240 e. The van der Waals surface area contributed by atoms with E-state index in [-0.39, 0.29) is 11.9 Å². The molecule has 0 saturated carbocycles. The molecule has 1 fully saturated rings. The Morgan fingerprint density at radius 3 is 2.77 bits per heavy atom. The lowest BCUT2D eigenvalue weighted by Crippen LogP contribution is -2.47. The van der Waals surface area contributed by atoms with Crippen molar-refractivity contribution in [1.82, 2.24) is 4.90 Å². The van der Waals surface area contributed by atoms with E-state index in [2.05, 4.69) is 6.58 Å². The number of carbonyl (C=O) groups is 1. The molecule has 1 atom stereocenters. The van der Waals surface area contributed by atoms with Crippen molar-refractivity contribution in [3.8, 4) is 0 Å². The number of primary amides is 1. The van der Waals surface area contributed by atoms with Crippen LogP contribution >= 0.6 is 0 Å². The Hall–Kier alpha value is -1.03. The van der Waals surface area contributed by atoms with Crippen molar-refractivity contribution < 1.29 is 4.79 Å². The molecule has 1 rings (SSSR count). The first kappa shape index (κ1) is 10.1. The van der Waals surface area contributed by atoms with Crippen LogP contribution < -0.4 is 11.5 Å². The highest BCUT2D eigenvalue weighted by Gasteiger charge is 2.26. The van der Waals surface area contributed by atoms with Crippen LogP contribution in [0, 0.1) is 0 Å². The molecule has 1 unspecified atom stereocenters. The maximum absolute atomic E-state index is 11.1. The largest absolute Gasteiger partial charge is 0.368 e. The van der Waals surface area contributed by atoms with Crippen molar-refractivity contribution in [2.75, 3.05) is 13.1 Å². The van der Waals surface area contributed by atoms with Crippen LogP contribution in [-0.4, -0.2) is 29.9 Å². The second-order valence-corrected chi connectivity index (χ2v) is 3.38. The summed E-state index contributed by atoms with van der Waals surface area (Å²) in [4.78, 5) is 13.0. The predicted molar refractivity (Wildman–Crippen MR) is 51.7 cm³/mol. The SMILES string of the molecule is C=C(CN)N1CCCCC1C(N)=O. The van der Waals surface area contributed by atoms with Crippen molar-refractivity contribution in [3.63, 3.8) is 0 Å². The molecule has 4 N–H and O–H groups in total. The molecule has 0 aromatic heterocycles. The number of nitrogens with two attached hydrogens (primary N) is 2. The van der Waals surface area contributed by atoms with Gasteiger partial charge >= 0.3 is 0 Å². The summed E-state index contributed by atoms with van der Waals surface area (Å²) in [5.74, 6) is -0.269. The molecule has 1 heterocycles. The summed E-state index contributed by atoms with van der Waals surface area (Å²) >= 11 is 0. The Labute approximate surface area is 78.6 Å². The molecular weight excluding hydrogens is 166 g/mol. The third kappa shape index (κ3) is 2.21. The zero-order chi connectivity index (χ0) is 9.84. The molecule has 1 amide bonds. The van der Waals surface area contributed by atoms with Crippen molar-refractivity contribution in [2.24, 2.45) is 11.5 Å². The summed E-state index contributed by atoms with van der Waals surface area (Å²) in [6, 6.07) is -0.190. The van der Waals surface area contributed by atoms with Gasteiger partial charge in [0, 0.05) is 18.8 Å². The van der Waals surface area contributed by atoms with Crippen molar-refractivity contribution >= 4 is 5.91 Å². The third-order valence-corrected chi connectivity index (χ3v) is 2.47. The molecule has 1 aliphatic rings. The van der Waals surface area contributed by atoms with Crippen molar-refractivity contribution in [3.05, 3.63) is 12.3 Å². The van der Waals surface area contributed by atoms with Gasteiger partial charge in [-0.2, -0.15) is 0 Å². The zero-order valence-corrected chi connectivity index (χ0v) is 7.83. The Morgan fingerprint density at radius 1 is 1.54 bits per heavy atom. The van der Waals surface area contributed by atoms with Gasteiger partial charge in [0.05, 0.1) is 0 Å². The van der Waals surface area contributed by atoms with E-state index in [0.29, 0.717) is 6.54 Å². The highest BCUT2D eigenvalue weighted by Crippen LogP contribution is 2.19. The van der Waals surface area contributed by atoms with E-state index >= 15 is 0 Å². The van der Waals surface area contributed by atoms with Gasteiger partial charge < -0.3 is 16.4 Å². The van der Waals surface area contributed by atoms with Crippen LogP contribution in [0.5, 0.6) is 0 Å². The van der Waals surface area contributed by atoms with Gasteiger partial charge in [0.25, 0.3) is 0 Å². The lowest BCUT2D eigenvalue weighted by molar-refractivity contribution is -0.123. The molecule has 0 aromatic carbocycles. The summed E-state index contributed by atoms with van der Waals surface area (Å²) < 4.78 is 0. The fourth-order valence-corrected chi connectivity index (χ4v) is 1.72. The minimum absolute atomic E-state index is 0.190. The van der Waals surface area contributed by atoms with E-state index in [9.17, 15) is 4.79 Å². The quantitative estimate of drug-likeness (QED) is 0.636. The molecule has 0 aromatic rings. The molecule has 1 aliphatic heterocycles. The summed E-state index contributed by atoms with van der Waals surface area (Å²) in [5.41, 5.74) is 11.6. The predicted octanol–water partition coefficient (Wildman–Crippen LogP) is -0.201. The van der Waals surface area contributed by atoms with Gasteiger partial charge in [0.2, 0.25) is 5.91 Å². The second-order valence-electron chi connectivity index (χ2n) is 3.38. The molecule has 0 bridgehead atoms. The number of rotatable bonds is 3. The van der Waals surface area contributed by atoms with Gasteiger partial charge in [0.1, 0.15) is 6.04 Å². The van der Waals surface area contributed by atoms with E-state index < -0.39 is 0 Å². The van der Waals surface area contributed by atoms with Crippen LogP contribution in [0.2, 0.25) is 0 Å². The summed E-state index contributed by atoms with van der Waals surface area (Å²) in [6.45, 7) is 5.07. The van der Waals surface area contributed by atoms with E-state index in [1.807, 2.05) is 4.90 Å². The molecule has 0 radical (unpaired) electrons. The topological polar surface area (TPSA) is 72.3 Å². The van der Waals surface area contributed by atoms with E-state index in [1.54, 1.807) is 0 Å². The molecule has 4 heteroatoms.